The molecule has 6 nitrogen and oxygen atoms in total. The summed E-state index contributed by atoms with van der Waals surface area (Å²) >= 11 is 6.23. The number of nitrogens with one attached hydrogen (secondary N) is 2. The van der Waals surface area contributed by atoms with Crippen molar-refractivity contribution in [2.45, 2.75) is 69.9 Å². The molecule has 0 aliphatic heterocycles. The normalized spacial score (nSPS) is 19.2. The number of aromatic nitrogens is 3. The van der Waals surface area contributed by atoms with Gasteiger partial charge < -0.3 is 15.2 Å². The van der Waals surface area contributed by atoms with E-state index in [1.54, 1.807) is 0 Å². The Morgan fingerprint density at radius 2 is 2.03 bits per heavy atom. The fourth-order valence-electron chi connectivity index (χ4n) is 4.12. The van der Waals surface area contributed by atoms with Gasteiger partial charge in [0.2, 0.25) is 0 Å². The van der Waals surface area contributed by atoms with Gasteiger partial charge in [-0.05, 0) is 50.3 Å². The van der Waals surface area contributed by atoms with E-state index in [9.17, 15) is 0 Å². The zero-order chi connectivity index (χ0) is 20.3. The molecule has 2 N–H and O–H groups in total. The third kappa shape index (κ3) is 4.92. The van der Waals surface area contributed by atoms with Crippen molar-refractivity contribution in [3.63, 3.8) is 0 Å². The van der Waals surface area contributed by atoms with Gasteiger partial charge in [-0.2, -0.15) is 0 Å². The summed E-state index contributed by atoms with van der Waals surface area (Å²) in [6.07, 6.45) is 8.71. The average molecular weight is 415 g/mol. The number of guanidine groups is 1. The summed E-state index contributed by atoms with van der Waals surface area (Å²) in [5.41, 5.74) is 1.49. The van der Waals surface area contributed by atoms with Gasteiger partial charge in [-0.3, -0.25) is 0 Å². The molecule has 1 aromatic heterocycles. The van der Waals surface area contributed by atoms with Crippen molar-refractivity contribution in [2.24, 2.45) is 12.0 Å². The molecule has 0 spiro atoms. The Morgan fingerprint density at radius 3 is 2.69 bits per heavy atom. The second-order valence-corrected chi connectivity index (χ2v) is 8.95. The van der Waals surface area contributed by atoms with E-state index in [0.717, 1.165) is 29.2 Å². The van der Waals surface area contributed by atoms with Crippen LogP contribution in [0.3, 0.4) is 0 Å². The number of benzene rings is 1. The van der Waals surface area contributed by atoms with Crippen LogP contribution < -0.4 is 10.6 Å². The summed E-state index contributed by atoms with van der Waals surface area (Å²) in [6, 6.07) is 8.77. The van der Waals surface area contributed by atoms with Gasteiger partial charge in [0.15, 0.2) is 11.8 Å². The molecule has 2 aromatic rings. The smallest absolute Gasteiger partial charge is 0.191 e. The fourth-order valence-corrected chi connectivity index (χ4v) is 4.31. The molecule has 7 heteroatoms. The second kappa shape index (κ2) is 8.74. The second-order valence-electron chi connectivity index (χ2n) is 8.51. The zero-order valence-electron chi connectivity index (χ0n) is 17.4. The molecule has 4 rings (SSSR count). The van der Waals surface area contributed by atoms with Crippen LogP contribution in [0.4, 0.5) is 0 Å². The van der Waals surface area contributed by atoms with Crippen LogP contribution in [0.5, 0.6) is 0 Å². The van der Waals surface area contributed by atoms with Crippen molar-refractivity contribution < 1.29 is 0 Å². The lowest BCUT2D eigenvalue weighted by Gasteiger charge is -2.26. The molecule has 2 saturated carbocycles. The van der Waals surface area contributed by atoms with E-state index >= 15 is 0 Å². The third-order valence-corrected chi connectivity index (χ3v) is 6.63. The molecule has 0 bridgehead atoms. The van der Waals surface area contributed by atoms with E-state index in [4.69, 9.17) is 16.6 Å². The largest absolute Gasteiger partial charge is 0.355 e. The van der Waals surface area contributed by atoms with E-state index in [2.05, 4.69) is 33.0 Å². The van der Waals surface area contributed by atoms with Gasteiger partial charge in [0.1, 0.15) is 12.4 Å². The van der Waals surface area contributed by atoms with Crippen molar-refractivity contribution in [2.75, 3.05) is 6.54 Å². The molecule has 2 fully saturated rings. The maximum atomic E-state index is 6.23. The SMILES string of the molecule is Cc1nnc(CN=C(NCC2(c3cccc(Cl)c3)CC2)NC2CCCCC2)n1C. The summed E-state index contributed by atoms with van der Waals surface area (Å²) in [5.74, 6) is 2.66. The first-order valence-electron chi connectivity index (χ1n) is 10.7. The first-order chi connectivity index (χ1) is 14.1. The first kappa shape index (κ1) is 20.2. The molecule has 29 heavy (non-hydrogen) atoms. The lowest BCUT2D eigenvalue weighted by molar-refractivity contribution is 0.409. The van der Waals surface area contributed by atoms with Crippen LogP contribution in [0, 0.1) is 6.92 Å². The monoisotopic (exact) mass is 414 g/mol. The Hall–Kier alpha value is -2.08. The average Bonchev–Trinajstić information content (AvgIpc) is 3.46. The quantitative estimate of drug-likeness (QED) is 0.556. The minimum Gasteiger partial charge on any atom is -0.355 e. The zero-order valence-corrected chi connectivity index (χ0v) is 18.2. The molecular weight excluding hydrogens is 384 g/mol. The van der Waals surface area contributed by atoms with E-state index in [1.165, 1.54) is 50.5 Å². The van der Waals surface area contributed by atoms with Gasteiger partial charge in [0.05, 0.1) is 0 Å². The van der Waals surface area contributed by atoms with Crippen molar-refractivity contribution in [1.29, 1.82) is 0 Å². The third-order valence-electron chi connectivity index (χ3n) is 6.39. The maximum Gasteiger partial charge on any atom is 0.191 e. The minimum atomic E-state index is 0.168. The van der Waals surface area contributed by atoms with Gasteiger partial charge in [0, 0.05) is 30.1 Å². The van der Waals surface area contributed by atoms with Crippen molar-refractivity contribution in [1.82, 2.24) is 25.4 Å². The molecule has 156 valence electrons. The van der Waals surface area contributed by atoms with Crippen molar-refractivity contribution >= 4 is 17.6 Å². The summed E-state index contributed by atoms with van der Waals surface area (Å²) in [4.78, 5) is 4.85. The van der Waals surface area contributed by atoms with Crippen LogP contribution in [0.2, 0.25) is 5.02 Å². The molecule has 1 heterocycles. The molecular formula is C22H31ClN6. The predicted octanol–water partition coefficient (Wildman–Crippen LogP) is 3.88. The number of hydrogen-bond acceptors (Lipinski definition) is 3. The number of nitrogens with zero attached hydrogens (tertiary/aromatic N) is 4. The Morgan fingerprint density at radius 1 is 1.24 bits per heavy atom. The van der Waals surface area contributed by atoms with E-state index < -0.39 is 0 Å². The topological polar surface area (TPSA) is 67.1 Å². The van der Waals surface area contributed by atoms with Crippen LogP contribution in [-0.2, 0) is 19.0 Å². The number of hydrogen-bond donors (Lipinski definition) is 2. The summed E-state index contributed by atoms with van der Waals surface area (Å²) in [7, 11) is 1.99. The van der Waals surface area contributed by atoms with Crippen LogP contribution in [-0.4, -0.2) is 33.3 Å². The van der Waals surface area contributed by atoms with Gasteiger partial charge >= 0.3 is 0 Å². The van der Waals surface area contributed by atoms with Gasteiger partial charge in [-0.25, -0.2) is 4.99 Å². The number of rotatable bonds is 6. The predicted molar refractivity (Wildman–Crippen MR) is 117 cm³/mol. The Labute approximate surface area is 178 Å². The standard InChI is InChI=1S/C22H31ClN6/c1-16-27-28-20(29(16)2)14-24-21(26-19-9-4-3-5-10-19)25-15-22(11-12-22)17-7-6-8-18(23)13-17/h6-8,13,19H,3-5,9-12,14-15H2,1-2H3,(H2,24,25,26). The highest BCUT2D eigenvalue weighted by molar-refractivity contribution is 6.30. The Bertz CT molecular complexity index is 864. The molecule has 2 aliphatic rings. The molecule has 0 saturated heterocycles. The minimum absolute atomic E-state index is 0.168. The molecule has 0 atom stereocenters. The maximum absolute atomic E-state index is 6.23. The van der Waals surface area contributed by atoms with Gasteiger partial charge in [-0.1, -0.05) is 43.0 Å². The summed E-state index contributed by atoms with van der Waals surface area (Å²) in [5, 5.41) is 16.5. The Kier molecular flexibility index (Phi) is 6.09. The number of aryl methyl sites for hydroxylation is 1. The highest BCUT2D eigenvalue weighted by atomic mass is 35.5. The summed E-state index contributed by atoms with van der Waals surface area (Å²) < 4.78 is 2.00. The van der Waals surface area contributed by atoms with Crippen molar-refractivity contribution in [3.8, 4) is 0 Å². The lowest BCUT2D eigenvalue weighted by atomic mass is 9.95. The highest BCUT2D eigenvalue weighted by Gasteiger charge is 2.44. The van der Waals surface area contributed by atoms with Crippen LogP contribution in [0.1, 0.15) is 62.2 Å². The van der Waals surface area contributed by atoms with Crippen LogP contribution >= 0.6 is 11.6 Å². The molecule has 2 aliphatic carbocycles. The van der Waals surface area contributed by atoms with E-state index in [1.807, 2.05) is 30.7 Å². The number of aliphatic imine (C=N–C) groups is 1. The highest BCUT2D eigenvalue weighted by Crippen LogP contribution is 2.48. The first-order valence-corrected chi connectivity index (χ1v) is 11.1. The lowest BCUT2D eigenvalue weighted by Crippen LogP contribution is -2.46. The van der Waals surface area contributed by atoms with Crippen LogP contribution in [0.15, 0.2) is 29.3 Å². The fraction of sp³-hybridized carbons (Fsp3) is 0.591. The van der Waals surface area contributed by atoms with E-state index in [-0.39, 0.29) is 5.41 Å². The van der Waals surface area contributed by atoms with Crippen LogP contribution in [0.25, 0.3) is 0 Å². The Balaban J connectivity index is 1.46. The molecule has 0 unspecified atom stereocenters. The van der Waals surface area contributed by atoms with E-state index in [0.29, 0.717) is 12.6 Å². The number of halogens is 1. The van der Waals surface area contributed by atoms with Crippen molar-refractivity contribution in [3.05, 3.63) is 46.5 Å². The molecule has 0 radical (unpaired) electrons. The molecule has 1 aromatic carbocycles. The summed E-state index contributed by atoms with van der Waals surface area (Å²) in [6.45, 7) is 3.34. The van der Waals surface area contributed by atoms with Gasteiger partial charge in [0.25, 0.3) is 0 Å². The van der Waals surface area contributed by atoms with Gasteiger partial charge in [-0.15, -0.1) is 10.2 Å². The molecule has 0 amide bonds.